The van der Waals surface area contributed by atoms with Crippen molar-refractivity contribution in [3.05, 3.63) is 66.2 Å². The minimum atomic E-state index is -1.09. The topological polar surface area (TPSA) is 74.6 Å². The summed E-state index contributed by atoms with van der Waals surface area (Å²) in [5.41, 5.74) is 0.993. The smallest absolute Gasteiger partial charge is 0.337 e. The second-order valence-corrected chi connectivity index (χ2v) is 5.50. The van der Waals surface area contributed by atoms with E-state index in [2.05, 4.69) is 6.58 Å². The van der Waals surface area contributed by atoms with Gasteiger partial charge in [-0.3, -0.25) is 0 Å². The van der Waals surface area contributed by atoms with Crippen LogP contribution < -0.4 is 0 Å². The van der Waals surface area contributed by atoms with E-state index in [1.54, 1.807) is 42.5 Å². The molecule has 2 rings (SSSR count). The molecule has 0 radical (unpaired) electrons. The lowest BCUT2D eigenvalue weighted by atomic mass is 9.95. The van der Waals surface area contributed by atoms with Gasteiger partial charge in [-0.25, -0.2) is 9.59 Å². The lowest BCUT2D eigenvalue weighted by molar-refractivity contribution is 0.0682. The van der Waals surface area contributed by atoms with Gasteiger partial charge in [0.2, 0.25) is 0 Å². The molecule has 0 amide bonds. The van der Waals surface area contributed by atoms with Crippen LogP contribution in [0.25, 0.3) is 11.1 Å². The Labute approximate surface area is 132 Å². The number of carbonyl (C=O) groups is 2. The third kappa shape index (κ3) is 3.20. The zero-order valence-corrected chi connectivity index (χ0v) is 12.5. The minimum absolute atomic E-state index is 0.0795. The molecule has 2 aromatic carbocycles. The quantitative estimate of drug-likeness (QED) is 0.622. The molecule has 0 fully saturated rings. The second-order valence-electron chi connectivity index (χ2n) is 4.43. The molecule has 2 N–H and O–H groups in total. The lowest BCUT2D eigenvalue weighted by Crippen LogP contribution is -2.05. The monoisotopic (exact) mass is 314 g/mol. The highest BCUT2D eigenvalue weighted by atomic mass is 32.2. The first kappa shape index (κ1) is 15.9. The van der Waals surface area contributed by atoms with Gasteiger partial charge in [0.25, 0.3) is 0 Å². The van der Waals surface area contributed by atoms with Crippen molar-refractivity contribution in [1.82, 2.24) is 0 Å². The Balaban J connectivity index is 2.68. The molecule has 22 heavy (non-hydrogen) atoms. The molecule has 0 saturated carbocycles. The van der Waals surface area contributed by atoms with Crippen molar-refractivity contribution in [3.63, 3.8) is 0 Å². The van der Waals surface area contributed by atoms with E-state index in [1.807, 2.05) is 0 Å². The first-order chi connectivity index (χ1) is 10.6. The van der Waals surface area contributed by atoms with Crippen LogP contribution >= 0.6 is 11.8 Å². The van der Waals surface area contributed by atoms with Crippen LogP contribution in [0.3, 0.4) is 0 Å². The molecule has 112 valence electrons. The lowest BCUT2D eigenvalue weighted by Gasteiger charge is -2.13. The van der Waals surface area contributed by atoms with E-state index >= 15 is 0 Å². The van der Waals surface area contributed by atoms with Gasteiger partial charge in [-0.15, -0.1) is 18.3 Å². The Kier molecular flexibility index (Phi) is 5.01. The van der Waals surface area contributed by atoms with Crippen molar-refractivity contribution >= 4 is 23.7 Å². The molecule has 0 aliphatic rings. The third-order valence-corrected chi connectivity index (χ3v) is 4.10. The summed E-state index contributed by atoms with van der Waals surface area (Å²) in [7, 11) is 0. The molecule has 0 heterocycles. The summed E-state index contributed by atoms with van der Waals surface area (Å²) in [4.78, 5) is 23.6. The van der Waals surface area contributed by atoms with E-state index in [9.17, 15) is 19.8 Å². The second kappa shape index (κ2) is 6.95. The van der Waals surface area contributed by atoms with Gasteiger partial charge in [-0.1, -0.05) is 36.4 Å². The maximum Gasteiger partial charge on any atom is 0.337 e. The first-order valence-electron chi connectivity index (χ1n) is 6.49. The van der Waals surface area contributed by atoms with Gasteiger partial charge in [0.15, 0.2) is 0 Å². The normalized spacial score (nSPS) is 10.2. The highest BCUT2D eigenvalue weighted by molar-refractivity contribution is 7.99. The fourth-order valence-electron chi connectivity index (χ4n) is 2.15. The largest absolute Gasteiger partial charge is 0.478 e. The number of benzene rings is 2. The Morgan fingerprint density at radius 1 is 1.00 bits per heavy atom. The number of carboxylic acids is 2. The first-order valence-corrected chi connectivity index (χ1v) is 7.47. The van der Waals surface area contributed by atoms with Crippen LogP contribution in [-0.2, 0) is 0 Å². The summed E-state index contributed by atoms with van der Waals surface area (Å²) >= 11 is 1.35. The molecule has 0 bridgehead atoms. The predicted octanol–water partition coefficient (Wildman–Crippen LogP) is 4.03. The van der Waals surface area contributed by atoms with Gasteiger partial charge >= 0.3 is 11.9 Å². The van der Waals surface area contributed by atoms with Crippen LogP contribution in [0.15, 0.2) is 60.0 Å². The van der Waals surface area contributed by atoms with Crippen molar-refractivity contribution < 1.29 is 19.8 Å². The highest BCUT2D eigenvalue weighted by Crippen LogP contribution is 2.33. The Morgan fingerprint density at radius 3 is 2.32 bits per heavy atom. The summed E-state index contributed by atoms with van der Waals surface area (Å²) < 4.78 is 0. The van der Waals surface area contributed by atoms with Gasteiger partial charge in [-0.05, 0) is 23.3 Å². The van der Waals surface area contributed by atoms with Crippen molar-refractivity contribution in [1.29, 1.82) is 0 Å². The molecule has 0 unspecified atom stereocenters. The van der Waals surface area contributed by atoms with Crippen LogP contribution in [0, 0.1) is 0 Å². The minimum Gasteiger partial charge on any atom is -0.478 e. The molecule has 0 saturated heterocycles. The van der Waals surface area contributed by atoms with E-state index in [0.29, 0.717) is 21.8 Å². The number of thioether (sulfide) groups is 1. The van der Waals surface area contributed by atoms with Crippen LogP contribution in [0.5, 0.6) is 0 Å². The summed E-state index contributed by atoms with van der Waals surface area (Å²) in [6, 6.07) is 11.5. The number of aromatic carboxylic acids is 2. The van der Waals surface area contributed by atoms with Crippen LogP contribution in [-0.4, -0.2) is 27.9 Å². The zero-order valence-electron chi connectivity index (χ0n) is 11.7. The van der Waals surface area contributed by atoms with Crippen LogP contribution in [0.4, 0.5) is 0 Å². The predicted molar refractivity (Wildman–Crippen MR) is 86.7 cm³/mol. The summed E-state index contributed by atoms with van der Waals surface area (Å²) in [6.45, 7) is 3.62. The highest BCUT2D eigenvalue weighted by Gasteiger charge is 2.20. The molecule has 0 aliphatic heterocycles. The number of rotatable bonds is 6. The Hall–Kier alpha value is -2.53. The Morgan fingerprint density at radius 2 is 1.68 bits per heavy atom. The fraction of sp³-hybridized carbons (Fsp3) is 0.0588. The molecule has 4 nitrogen and oxygen atoms in total. The van der Waals surface area contributed by atoms with E-state index in [0.717, 1.165) is 0 Å². The maximum absolute atomic E-state index is 11.7. The third-order valence-electron chi connectivity index (χ3n) is 3.04. The molecule has 0 aromatic heterocycles. The van der Waals surface area contributed by atoms with Gasteiger partial charge in [-0.2, -0.15) is 0 Å². The zero-order chi connectivity index (χ0) is 16.1. The molecule has 2 aromatic rings. The van der Waals surface area contributed by atoms with Gasteiger partial charge in [0.1, 0.15) is 0 Å². The van der Waals surface area contributed by atoms with Crippen molar-refractivity contribution in [2.75, 3.05) is 5.75 Å². The number of hydrogen-bond acceptors (Lipinski definition) is 3. The van der Waals surface area contributed by atoms with Gasteiger partial charge < -0.3 is 10.2 Å². The van der Waals surface area contributed by atoms with E-state index < -0.39 is 11.9 Å². The number of hydrogen-bond donors (Lipinski definition) is 2. The fourth-order valence-corrected chi connectivity index (χ4v) is 2.96. The van der Waals surface area contributed by atoms with Gasteiger partial charge in [0, 0.05) is 10.6 Å². The van der Waals surface area contributed by atoms with Gasteiger partial charge in [0.05, 0.1) is 11.1 Å². The van der Waals surface area contributed by atoms with Crippen LogP contribution in [0.1, 0.15) is 20.7 Å². The van der Waals surface area contributed by atoms with Crippen molar-refractivity contribution in [2.45, 2.75) is 4.90 Å². The molecular formula is C17H14O4S. The number of carboxylic acid groups (broad SMARTS) is 2. The molecule has 0 spiro atoms. The average molecular weight is 314 g/mol. The maximum atomic E-state index is 11.7. The van der Waals surface area contributed by atoms with Crippen LogP contribution in [0.2, 0.25) is 0 Å². The van der Waals surface area contributed by atoms with Crippen molar-refractivity contribution in [2.24, 2.45) is 0 Å². The average Bonchev–Trinajstić information content (AvgIpc) is 2.52. The molecule has 0 atom stereocenters. The van der Waals surface area contributed by atoms with E-state index in [1.165, 1.54) is 17.8 Å². The Bertz CT molecular complexity index is 737. The molecule has 5 heteroatoms. The van der Waals surface area contributed by atoms with E-state index in [4.69, 9.17) is 0 Å². The van der Waals surface area contributed by atoms with E-state index in [-0.39, 0.29) is 11.1 Å². The standard InChI is InChI=1S/C17H14O4S/c1-2-10-22-14-9-5-8-12(15(14)17(20)21)11-6-3-4-7-13(11)16(18)19/h2-9H,1,10H2,(H,18,19)(H,20,21). The molecule has 0 aliphatic carbocycles. The SMILES string of the molecule is C=CCSc1cccc(-c2ccccc2C(=O)O)c1C(=O)O. The molecular weight excluding hydrogens is 300 g/mol. The summed E-state index contributed by atoms with van der Waals surface area (Å²) in [6.07, 6.45) is 1.69. The van der Waals surface area contributed by atoms with Crippen molar-refractivity contribution in [3.8, 4) is 11.1 Å². The summed E-state index contributed by atoms with van der Waals surface area (Å²) in [5.74, 6) is -1.59. The summed E-state index contributed by atoms with van der Waals surface area (Å²) in [5, 5.41) is 18.9.